The topological polar surface area (TPSA) is 48.9 Å². The monoisotopic (exact) mass is 214 g/mol. The maximum Gasteiger partial charge on any atom is 0.137 e. The molecule has 0 amide bonds. The first-order valence-corrected chi connectivity index (χ1v) is 5.64. The molecule has 0 aliphatic heterocycles. The van der Waals surface area contributed by atoms with Crippen molar-refractivity contribution in [2.45, 2.75) is 25.4 Å². The number of aromatic amines is 1. The Kier molecular flexibility index (Phi) is 2.26. The van der Waals surface area contributed by atoms with Gasteiger partial charge in [0, 0.05) is 17.3 Å². The molecule has 2 aromatic heterocycles. The summed E-state index contributed by atoms with van der Waals surface area (Å²) in [5, 5.41) is 10.6. The molecule has 1 aliphatic rings. The summed E-state index contributed by atoms with van der Waals surface area (Å²) in [5.74, 6) is 0. The molecule has 0 saturated carbocycles. The normalized spacial score (nSPS) is 21.1. The van der Waals surface area contributed by atoms with E-state index in [-0.39, 0.29) is 6.10 Å². The molecule has 3 nitrogen and oxygen atoms in total. The highest BCUT2D eigenvalue weighted by Gasteiger charge is 2.14. The van der Waals surface area contributed by atoms with Gasteiger partial charge in [-0.3, -0.25) is 0 Å². The van der Waals surface area contributed by atoms with Crippen LogP contribution in [0, 0.1) is 0 Å². The minimum Gasteiger partial charge on any atom is -0.393 e. The summed E-state index contributed by atoms with van der Waals surface area (Å²) in [7, 11) is 0. The van der Waals surface area contributed by atoms with E-state index in [1.165, 1.54) is 5.57 Å². The number of allylic oxidation sites excluding steroid dienone is 1. The zero-order chi connectivity index (χ0) is 11.0. The first kappa shape index (κ1) is 9.60. The van der Waals surface area contributed by atoms with Crippen molar-refractivity contribution in [1.29, 1.82) is 0 Å². The first-order valence-electron chi connectivity index (χ1n) is 5.64. The molecule has 0 fully saturated rings. The quantitative estimate of drug-likeness (QED) is 0.766. The van der Waals surface area contributed by atoms with E-state index < -0.39 is 0 Å². The van der Waals surface area contributed by atoms with E-state index in [1.54, 1.807) is 6.20 Å². The fourth-order valence-electron chi connectivity index (χ4n) is 2.20. The van der Waals surface area contributed by atoms with Crippen molar-refractivity contribution in [3.63, 3.8) is 0 Å². The first-order chi connectivity index (χ1) is 7.83. The predicted molar refractivity (Wildman–Crippen MR) is 63.9 cm³/mol. The molecule has 2 N–H and O–H groups in total. The Balaban J connectivity index is 2.00. The van der Waals surface area contributed by atoms with Crippen molar-refractivity contribution in [2.75, 3.05) is 0 Å². The molecule has 0 spiro atoms. The Morgan fingerprint density at radius 3 is 3.12 bits per heavy atom. The van der Waals surface area contributed by atoms with Crippen LogP contribution < -0.4 is 0 Å². The number of nitrogens with zero attached hydrogens (tertiary/aromatic N) is 1. The molecule has 3 rings (SSSR count). The van der Waals surface area contributed by atoms with Crippen LogP contribution in [0.15, 0.2) is 30.5 Å². The molecule has 3 heteroatoms. The van der Waals surface area contributed by atoms with Gasteiger partial charge in [0.1, 0.15) is 5.65 Å². The summed E-state index contributed by atoms with van der Waals surface area (Å²) >= 11 is 0. The van der Waals surface area contributed by atoms with Crippen LogP contribution in [0.4, 0.5) is 0 Å². The number of fused-ring (bicyclic) bond motifs is 1. The van der Waals surface area contributed by atoms with Crippen LogP contribution in [-0.2, 0) is 0 Å². The van der Waals surface area contributed by atoms with Crippen LogP contribution in [0.3, 0.4) is 0 Å². The molecule has 0 radical (unpaired) electrons. The van der Waals surface area contributed by atoms with Crippen LogP contribution in [-0.4, -0.2) is 21.2 Å². The molecule has 1 aliphatic carbocycles. The van der Waals surface area contributed by atoms with Crippen LogP contribution in [0.5, 0.6) is 0 Å². The molecule has 1 atom stereocenters. The molecule has 0 bridgehead atoms. The zero-order valence-corrected chi connectivity index (χ0v) is 8.98. The van der Waals surface area contributed by atoms with Gasteiger partial charge in [-0.25, -0.2) is 4.98 Å². The lowest BCUT2D eigenvalue weighted by molar-refractivity contribution is 0.166. The second kappa shape index (κ2) is 3.76. The third kappa shape index (κ3) is 1.63. The standard InChI is InChI=1S/C13H14N2O/c16-11-5-3-9(4-6-11)12-8-10-2-1-7-14-13(10)15-12/h1-3,7-8,11,16H,4-6H2,(H,14,15)/t11-/m0/s1. The highest BCUT2D eigenvalue weighted by molar-refractivity contribution is 5.81. The van der Waals surface area contributed by atoms with Gasteiger partial charge < -0.3 is 10.1 Å². The Hall–Kier alpha value is -1.61. The highest BCUT2D eigenvalue weighted by Crippen LogP contribution is 2.28. The van der Waals surface area contributed by atoms with Gasteiger partial charge in [-0.15, -0.1) is 0 Å². The average molecular weight is 214 g/mol. The molecule has 2 heterocycles. The molecule has 16 heavy (non-hydrogen) atoms. The number of nitrogens with one attached hydrogen (secondary N) is 1. The number of aromatic nitrogens is 2. The molecular formula is C13H14N2O. The Bertz CT molecular complexity index is 509. The summed E-state index contributed by atoms with van der Waals surface area (Å²) in [6.07, 6.45) is 6.31. The number of H-pyrrole nitrogens is 1. The van der Waals surface area contributed by atoms with Gasteiger partial charge >= 0.3 is 0 Å². The van der Waals surface area contributed by atoms with Crippen molar-refractivity contribution in [2.24, 2.45) is 0 Å². The summed E-state index contributed by atoms with van der Waals surface area (Å²) in [6.45, 7) is 0. The van der Waals surface area contributed by atoms with E-state index in [9.17, 15) is 5.11 Å². The fraction of sp³-hybridized carbons (Fsp3) is 0.308. The maximum absolute atomic E-state index is 9.45. The lowest BCUT2D eigenvalue weighted by atomic mass is 9.95. The van der Waals surface area contributed by atoms with Crippen molar-refractivity contribution in [1.82, 2.24) is 9.97 Å². The SMILES string of the molecule is O[C@H]1CC=C(c2cc3cccnc3[nH]2)CC1. The predicted octanol–water partition coefficient (Wildman–Crippen LogP) is 2.49. The largest absolute Gasteiger partial charge is 0.393 e. The smallest absolute Gasteiger partial charge is 0.137 e. The van der Waals surface area contributed by atoms with Crippen LogP contribution >= 0.6 is 0 Å². The number of hydrogen-bond donors (Lipinski definition) is 2. The zero-order valence-electron chi connectivity index (χ0n) is 8.98. The second-order valence-corrected chi connectivity index (χ2v) is 4.28. The Morgan fingerprint density at radius 2 is 2.38 bits per heavy atom. The summed E-state index contributed by atoms with van der Waals surface area (Å²) in [6, 6.07) is 6.13. The van der Waals surface area contributed by atoms with E-state index in [4.69, 9.17) is 0 Å². The third-order valence-corrected chi connectivity index (χ3v) is 3.12. The highest BCUT2D eigenvalue weighted by atomic mass is 16.3. The minimum absolute atomic E-state index is 0.161. The molecule has 0 unspecified atom stereocenters. The van der Waals surface area contributed by atoms with Crippen LogP contribution in [0.1, 0.15) is 25.0 Å². The van der Waals surface area contributed by atoms with Gasteiger partial charge in [0.15, 0.2) is 0 Å². The van der Waals surface area contributed by atoms with Crippen molar-refractivity contribution < 1.29 is 5.11 Å². The van der Waals surface area contributed by atoms with Gasteiger partial charge in [0.2, 0.25) is 0 Å². The number of aliphatic hydroxyl groups excluding tert-OH is 1. The van der Waals surface area contributed by atoms with Gasteiger partial charge in [0.25, 0.3) is 0 Å². The summed E-state index contributed by atoms with van der Waals surface area (Å²) in [5.41, 5.74) is 3.37. The number of hydrogen-bond acceptors (Lipinski definition) is 2. The van der Waals surface area contributed by atoms with E-state index in [0.717, 1.165) is 36.0 Å². The maximum atomic E-state index is 9.45. The van der Waals surface area contributed by atoms with Gasteiger partial charge in [0.05, 0.1) is 6.10 Å². The lowest BCUT2D eigenvalue weighted by Crippen LogP contribution is -2.09. The van der Waals surface area contributed by atoms with Crippen LogP contribution in [0.25, 0.3) is 16.6 Å². The van der Waals surface area contributed by atoms with Crippen LogP contribution in [0.2, 0.25) is 0 Å². The van der Waals surface area contributed by atoms with Crippen molar-refractivity contribution >= 4 is 16.6 Å². The molecule has 0 saturated heterocycles. The van der Waals surface area contributed by atoms with E-state index in [2.05, 4.69) is 28.2 Å². The number of rotatable bonds is 1. The second-order valence-electron chi connectivity index (χ2n) is 4.28. The average Bonchev–Trinajstić information content (AvgIpc) is 2.73. The van der Waals surface area contributed by atoms with E-state index in [1.807, 2.05) is 6.07 Å². The number of pyridine rings is 1. The van der Waals surface area contributed by atoms with Gasteiger partial charge in [-0.1, -0.05) is 6.08 Å². The van der Waals surface area contributed by atoms with Gasteiger partial charge in [-0.05, 0) is 43.0 Å². The Labute approximate surface area is 93.8 Å². The Morgan fingerprint density at radius 1 is 1.44 bits per heavy atom. The number of aliphatic hydroxyl groups is 1. The minimum atomic E-state index is -0.161. The molecule has 0 aromatic carbocycles. The molecule has 2 aromatic rings. The molecular weight excluding hydrogens is 200 g/mol. The van der Waals surface area contributed by atoms with E-state index >= 15 is 0 Å². The van der Waals surface area contributed by atoms with Gasteiger partial charge in [-0.2, -0.15) is 0 Å². The van der Waals surface area contributed by atoms with Crippen molar-refractivity contribution in [3.05, 3.63) is 36.2 Å². The fourth-order valence-corrected chi connectivity index (χ4v) is 2.20. The van der Waals surface area contributed by atoms with Crippen molar-refractivity contribution in [3.8, 4) is 0 Å². The summed E-state index contributed by atoms with van der Waals surface area (Å²) in [4.78, 5) is 7.60. The third-order valence-electron chi connectivity index (χ3n) is 3.12. The molecule has 82 valence electrons. The van der Waals surface area contributed by atoms with E-state index in [0.29, 0.717) is 0 Å². The summed E-state index contributed by atoms with van der Waals surface area (Å²) < 4.78 is 0. The lowest BCUT2D eigenvalue weighted by Gasteiger charge is -2.16.